The predicted molar refractivity (Wildman–Crippen MR) is 55.0 cm³/mol. The van der Waals surface area contributed by atoms with Gasteiger partial charge in [0.15, 0.2) is 0 Å². The highest BCUT2D eigenvalue weighted by molar-refractivity contribution is 8.04. The topological polar surface area (TPSA) is 3.24 Å². The molecule has 1 unspecified atom stereocenters. The summed E-state index contributed by atoms with van der Waals surface area (Å²) in [6, 6.07) is 0. The summed E-state index contributed by atoms with van der Waals surface area (Å²) < 4.78 is 0. The minimum atomic E-state index is 0.687. The van der Waals surface area contributed by atoms with Crippen LogP contribution in [-0.2, 0) is 0 Å². The van der Waals surface area contributed by atoms with Gasteiger partial charge in [0.2, 0.25) is 0 Å². The van der Waals surface area contributed by atoms with Gasteiger partial charge in [0, 0.05) is 19.3 Å². The Kier molecular flexibility index (Phi) is 2.01. The Morgan fingerprint density at radius 3 is 3.00 bits per heavy atom. The van der Waals surface area contributed by atoms with Gasteiger partial charge < -0.3 is 4.90 Å². The van der Waals surface area contributed by atoms with Crippen LogP contribution in [0.3, 0.4) is 0 Å². The molecule has 0 amide bonds. The van der Waals surface area contributed by atoms with Crippen LogP contribution >= 0.6 is 11.8 Å². The van der Waals surface area contributed by atoms with E-state index in [0.717, 1.165) is 0 Å². The first kappa shape index (κ1) is 7.99. The van der Waals surface area contributed by atoms with Crippen LogP contribution in [0.2, 0.25) is 0 Å². The summed E-state index contributed by atoms with van der Waals surface area (Å²) in [5.74, 6) is 0. The van der Waals surface area contributed by atoms with Crippen molar-refractivity contribution in [3.05, 3.63) is 34.9 Å². The Morgan fingerprint density at radius 2 is 2.33 bits per heavy atom. The zero-order chi connectivity index (χ0) is 8.55. The first-order valence-corrected chi connectivity index (χ1v) is 5.08. The number of hydrogen-bond acceptors (Lipinski definition) is 2. The molecular formula is C10H13NS. The molecule has 0 radical (unpaired) electrons. The zero-order valence-electron chi connectivity index (χ0n) is 7.45. The fourth-order valence-corrected chi connectivity index (χ4v) is 2.64. The maximum Gasteiger partial charge on any atom is 0.0711 e. The Morgan fingerprint density at radius 1 is 1.50 bits per heavy atom. The first-order chi connectivity index (χ1) is 5.77. The Labute approximate surface area is 77.8 Å². The minimum absolute atomic E-state index is 0.687. The summed E-state index contributed by atoms with van der Waals surface area (Å²) in [5, 5.41) is 2.07. The van der Waals surface area contributed by atoms with E-state index < -0.39 is 0 Å². The van der Waals surface area contributed by atoms with Crippen molar-refractivity contribution in [1.29, 1.82) is 0 Å². The van der Waals surface area contributed by atoms with E-state index in [-0.39, 0.29) is 0 Å². The smallest absolute Gasteiger partial charge is 0.0711 e. The van der Waals surface area contributed by atoms with Crippen LogP contribution < -0.4 is 0 Å². The third-order valence-corrected chi connectivity index (χ3v) is 3.61. The fraction of sp³-hybridized carbons (Fsp3) is 0.400. The third kappa shape index (κ3) is 1.31. The molecular weight excluding hydrogens is 166 g/mol. The molecule has 0 spiro atoms. The molecule has 2 aliphatic rings. The molecule has 0 N–H and O–H groups in total. The van der Waals surface area contributed by atoms with E-state index in [9.17, 15) is 0 Å². The van der Waals surface area contributed by atoms with Crippen LogP contribution in [0.15, 0.2) is 34.9 Å². The lowest BCUT2D eigenvalue weighted by atomic mass is 10.1. The van der Waals surface area contributed by atoms with Gasteiger partial charge in [-0.25, -0.2) is 0 Å². The van der Waals surface area contributed by atoms with Gasteiger partial charge in [0.25, 0.3) is 0 Å². The maximum absolute atomic E-state index is 2.29. The van der Waals surface area contributed by atoms with Gasteiger partial charge in [0.05, 0.1) is 5.03 Å². The highest BCUT2D eigenvalue weighted by Gasteiger charge is 2.23. The molecule has 0 bridgehead atoms. The summed E-state index contributed by atoms with van der Waals surface area (Å²) in [6.45, 7) is 0. The monoisotopic (exact) mass is 179 g/mol. The van der Waals surface area contributed by atoms with Crippen molar-refractivity contribution < 1.29 is 0 Å². The van der Waals surface area contributed by atoms with Crippen LogP contribution in [0, 0.1) is 0 Å². The van der Waals surface area contributed by atoms with Crippen molar-refractivity contribution in [3.8, 4) is 0 Å². The lowest BCUT2D eigenvalue weighted by molar-refractivity contribution is 0.551. The van der Waals surface area contributed by atoms with Gasteiger partial charge in [-0.05, 0) is 18.1 Å². The number of rotatable bonds is 1. The molecule has 1 aliphatic carbocycles. The lowest BCUT2D eigenvalue weighted by Crippen LogP contribution is -2.07. The Balaban J connectivity index is 2.21. The first-order valence-electron chi connectivity index (χ1n) is 4.20. The van der Waals surface area contributed by atoms with Gasteiger partial charge in [-0.2, -0.15) is 0 Å². The molecule has 0 fully saturated rings. The molecule has 0 saturated carbocycles. The fourth-order valence-electron chi connectivity index (χ4n) is 1.44. The van der Waals surface area contributed by atoms with Gasteiger partial charge in [0.1, 0.15) is 0 Å². The standard InChI is InChI=1S/C10H13NS/c1-11(2)10-7-8-5-3-4-6-9(8)12-10/h3-5,7,9H,6H2,1-2H3. The SMILES string of the molecule is CN(C)C1=CC2=CC=CCC2S1. The van der Waals surface area contributed by atoms with Crippen molar-refractivity contribution >= 4 is 11.8 Å². The normalized spacial score (nSPS) is 26.3. The average Bonchev–Trinajstić information content (AvgIpc) is 2.46. The highest BCUT2D eigenvalue weighted by Crippen LogP contribution is 2.40. The van der Waals surface area contributed by atoms with Crippen molar-refractivity contribution in [2.24, 2.45) is 0 Å². The average molecular weight is 179 g/mol. The number of hydrogen-bond donors (Lipinski definition) is 0. The van der Waals surface area contributed by atoms with Crippen molar-refractivity contribution in [2.75, 3.05) is 14.1 Å². The quantitative estimate of drug-likeness (QED) is 0.608. The maximum atomic E-state index is 2.29. The molecule has 0 aromatic heterocycles. The second-order valence-electron chi connectivity index (χ2n) is 3.31. The Hall–Kier alpha value is -0.630. The van der Waals surface area contributed by atoms with Crippen molar-refractivity contribution in [1.82, 2.24) is 4.90 Å². The Bertz CT molecular complexity index is 274. The molecule has 1 atom stereocenters. The van der Waals surface area contributed by atoms with Gasteiger partial charge in [-0.15, -0.1) is 11.8 Å². The van der Waals surface area contributed by atoms with Crippen LogP contribution in [-0.4, -0.2) is 24.2 Å². The van der Waals surface area contributed by atoms with Gasteiger partial charge in [-0.1, -0.05) is 18.2 Å². The number of thioether (sulfide) groups is 1. The minimum Gasteiger partial charge on any atom is -0.372 e. The van der Waals surface area contributed by atoms with Crippen LogP contribution in [0.25, 0.3) is 0 Å². The van der Waals surface area contributed by atoms with Crippen molar-refractivity contribution in [3.63, 3.8) is 0 Å². The predicted octanol–water partition coefficient (Wildman–Crippen LogP) is 2.39. The van der Waals surface area contributed by atoms with E-state index in [4.69, 9.17) is 0 Å². The molecule has 12 heavy (non-hydrogen) atoms. The largest absolute Gasteiger partial charge is 0.372 e. The lowest BCUT2D eigenvalue weighted by Gasteiger charge is -2.15. The van der Waals surface area contributed by atoms with Crippen LogP contribution in [0.5, 0.6) is 0 Å². The molecule has 64 valence electrons. The molecule has 1 nitrogen and oxygen atoms in total. The number of allylic oxidation sites excluding steroid dienone is 4. The van der Waals surface area contributed by atoms with Crippen molar-refractivity contribution in [2.45, 2.75) is 11.7 Å². The van der Waals surface area contributed by atoms with E-state index in [0.29, 0.717) is 5.25 Å². The summed E-state index contributed by atoms with van der Waals surface area (Å²) in [5.41, 5.74) is 1.48. The molecule has 2 heteroatoms. The number of fused-ring (bicyclic) bond motifs is 1. The molecule has 0 saturated heterocycles. The highest BCUT2D eigenvalue weighted by atomic mass is 32.2. The van der Waals surface area contributed by atoms with Crippen LogP contribution in [0.1, 0.15) is 6.42 Å². The van der Waals surface area contributed by atoms with Crippen LogP contribution in [0.4, 0.5) is 0 Å². The van der Waals surface area contributed by atoms with Gasteiger partial charge >= 0.3 is 0 Å². The number of nitrogens with zero attached hydrogens (tertiary/aromatic N) is 1. The molecule has 2 rings (SSSR count). The molecule has 0 aromatic carbocycles. The molecule has 0 aromatic rings. The third-order valence-electron chi connectivity index (χ3n) is 2.14. The summed E-state index contributed by atoms with van der Waals surface area (Å²) in [7, 11) is 4.20. The summed E-state index contributed by atoms with van der Waals surface area (Å²) >= 11 is 1.97. The second kappa shape index (κ2) is 3.02. The molecule has 1 heterocycles. The van der Waals surface area contributed by atoms with E-state index in [1.54, 1.807) is 0 Å². The van der Waals surface area contributed by atoms with Gasteiger partial charge in [-0.3, -0.25) is 0 Å². The second-order valence-corrected chi connectivity index (χ2v) is 4.54. The van der Waals surface area contributed by atoms with E-state index in [1.165, 1.54) is 17.0 Å². The zero-order valence-corrected chi connectivity index (χ0v) is 8.27. The molecule has 1 aliphatic heterocycles. The van der Waals surface area contributed by atoms with E-state index >= 15 is 0 Å². The van der Waals surface area contributed by atoms with E-state index in [2.05, 4.69) is 43.3 Å². The summed E-state index contributed by atoms with van der Waals surface area (Å²) in [6.07, 6.45) is 10.1. The van der Waals surface area contributed by atoms with E-state index in [1.807, 2.05) is 11.8 Å². The summed E-state index contributed by atoms with van der Waals surface area (Å²) in [4.78, 5) is 2.18.